The first-order chi connectivity index (χ1) is 8.13. The van der Waals surface area contributed by atoms with Crippen LogP contribution in [0.5, 0.6) is 0 Å². The average Bonchev–Trinajstić information content (AvgIpc) is 2.27. The molecule has 3 unspecified atom stereocenters. The maximum absolute atomic E-state index is 11.3. The standard InChI is InChI=1S/C13H28N2OS/c1-4-13-7-11-15(9-5-8-14-13)10-6-12(2)17(3)16/h12-14H,4-11H2,1-3H3. The van der Waals surface area contributed by atoms with Gasteiger partial charge in [-0.15, -0.1) is 0 Å². The van der Waals surface area contributed by atoms with Crippen LogP contribution in [0.15, 0.2) is 0 Å². The van der Waals surface area contributed by atoms with Crippen LogP contribution in [0.2, 0.25) is 0 Å². The van der Waals surface area contributed by atoms with Gasteiger partial charge in [-0.1, -0.05) is 13.8 Å². The Bertz CT molecular complexity index is 235. The van der Waals surface area contributed by atoms with E-state index in [2.05, 4.69) is 24.1 Å². The van der Waals surface area contributed by atoms with Crippen molar-refractivity contribution >= 4 is 10.8 Å². The van der Waals surface area contributed by atoms with Crippen LogP contribution >= 0.6 is 0 Å². The first-order valence-corrected chi connectivity index (χ1v) is 8.53. The molecule has 0 aromatic rings. The van der Waals surface area contributed by atoms with E-state index >= 15 is 0 Å². The predicted octanol–water partition coefficient (Wildman–Crippen LogP) is 1.61. The molecule has 1 rings (SSSR count). The van der Waals surface area contributed by atoms with Crippen molar-refractivity contribution in [2.75, 3.05) is 32.4 Å². The highest BCUT2D eigenvalue weighted by molar-refractivity contribution is 7.84. The zero-order chi connectivity index (χ0) is 12.7. The van der Waals surface area contributed by atoms with Crippen LogP contribution in [-0.4, -0.2) is 52.8 Å². The molecular weight excluding hydrogens is 232 g/mol. The fourth-order valence-electron chi connectivity index (χ4n) is 2.26. The van der Waals surface area contributed by atoms with Gasteiger partial charge in [0.25, 0.3) is 0 Å². The van der Waals surface area contributed by atoms with Crippen LogP contribution < -0.4 is 5.32 Å². The molecule has 0 radical (unpaired) electrons. The van der Waals surface area contributed by atoms with Crippen LogP contribution in [0, 0.1) is 0 Å². The highest BCUT2D eigenvalue weighted by Gasteiger charge is 2.15. The van der Waals surface area contributed by atoms with E-state index < -0.39 is 10.8 Å². The number of nitrogens with zero attached hydrogens (tertiary/aromatic N) is 1. The number of rotatable bonds is 5. The second-order valence-corrected chi connectivity index (χ2v) is 6.94. The number of nitrogens with one attached hydrogen (secondary N) is 1. The highest BCUT2D eigenvalue weighted by atomic mass is 32.2. The number of hydrogen-bond acceptors (Lipinski definition) is 3. The molecule has 1 N–H and O–H groups in total. The van der Waals surface area contributed by atoms with Gasteiger partial charge in [0.05, 0.1) is 0 Å². The Hall–Kier alpha value is 0.0700. The molecule has 17 heavy (non-hydrogen) atoms. The molecular formula is C13H28N2OS. The maximum Gasteiger partial charge on any atom is 0.0329 e. The van der Waals surface area contributed by atoms with Gasteiger partial charge in [0.15, 0.2) is 0 Å². The summed E-state index contributed by atoms with van der Waals surface area (Å²) in [5.74, 6) is 0. The van der Waals surface area contributed by atoms with Crippen molar-refractivity contribution in [2.24, 2.45) is 0 Å². The van der Waals surface area contributed by atoms with Crippen LogP contribution in [-0.2, 0) is 10.8 Å². The van der Waals surface area contributed by atoms with Crippen molar-refractivity contribution < 1.29 is 4.21 Å². The zero-order valence-corrected chi connectivity index (χ0v) is 12.4. The summed E-state index contributed by atoms with van der Waals surface area (Å²) in [6.45, 7) is 8.98. The molecule has 1 aliphatic rings. The minimum Gasteiger partial charge on any atom is -0.314 e. The molecule has 0 saturated carbocycles. The van der Waals surface area contributed by atoms with Gasteiger partial charge in [-0.05, 0) is 51.9 Å². The Labute approximate surface area is 109 Å². The van der Waals surface area contributed by atoms with Crippen LogP contribution in [0.4, 0.5) is 0 Å². The quantitative estimate of drug-likeness (QED) is 0.815. The minimum atomic E-state index is -0.670. The lowest BCUT2D eigenvalue weighted by molar-refractivity contribution is 0.229. The summed E-state index contributed by atoms with van der Waals surface area (Å²) < 4.78 is 11.3. The molecule has 0 bridgehead atoms. The van der Waals surface area contributed by atoms with Crippen LogP contribution in [0.25, 0.3) is 0 Å². The van der Waals surface area contributed by atoms with E-state index in [1.54, 1.807) is 0 Å². The summed E-state index contributed by atoms with van der Waals surface area (Å²) in [5.41, 5.74) is 0. The van der Waals surface area contributed by atoms with Gasteiger partial charge >= 0.3 is 0 Å². The Morgan fingerprint density at radius 2 is 2.24 bits per heavy atom. The Morgan fingerprint density at radius 3 is 2.88 bits per heavy atom. The summed E-state index contributed by atoms with van der Waals surface area (Å²) in [4.78, 5) is 2.55. The Balaban J connectivity index is 2.29. The molecule has 0 aromatic heterocycles. The molecule has 3 atom stereocenters. The van der Waals surface area contributed by atoms with E-state index in [4.69, 9.17) is 0 Å². The lowest BCUT2D eigenvalue weighted by Gasteiger charge is -2.29. The fourth-order valence-corrected chi connectivity index (χ4v) is 2.70. The van der Waals surface area contributed by atoms with Crippen molar-refractivity contribution in [3.05, 3.63) is 0 Å². The SMILES string of the molecule is CCC1CCN(CCC(C)S(C)=O)CCCN1. The highest BCUT2D eigenvalue weighted by Crippen LogP contribution is 2.08. The minimum absolute atomic E-state index is 0.334. The first kappa shape index (κ1) is 15.1. The molecule has 1 aliphatic heterocycles. The lowest BCUT2D eigenvalue weighted by Crippen LogP contribution is -2.40. The largest absolute Gasteiger partial charge is 0.314 e. The van der Waals surface area contributed by atoms with Gasteiger partial charge in [-0.25, -0.2) is 0 Å². The molecule has 1 heterocycles. The van der Waals surface area contributed by atoms with E-state index in [9.17, 15) is 4.21 Å². The normalized spacial score (nSPS) is 27.1. The van der Waals surface area contributed by atoms with Gasteiger partial charge in [-0.2, -0.15) is 0 Å². The van der Waals surface area contributed by atoms with Gasteiger partial charge in [0.2, 0.25) is 0 Å². The summed E-state index contributed by atoms with van der Waals surface area (Å²) >= 11 is 0. The van der Waals surface area contributed by atoms with E-state index in [-0.39, 0.29) is 0 Å². The molecule has 0 aromatic carbocycles. The summed E-state index contributed by atoms with van der Waals surface area (Å²) in [6, 6.07) is 0.690. The molecule has 102 valence electrons. The summed E-state index contributed by atoms with van der Waals surface area (Å²) in [7, 11) is -0.670. The molecule has 0 spiro atoms. The first-order valence-electron chi connectivity index (χ1n) is 6.91. The van der Waals surface area contributed by atoms with Crippen molar-refractivity contribution in [3.8, 4) is 0 Å². The molecule has 1 fully saturated rings. The lowest BCUT2D eigenvalue weighted by atomic mass is 10.1. The van der Waals surface area contributed by atoms with E-state index in [1.165, 1.54) is 32.4 Å². The van der Waals surface area contributed by atoms with Crippen LogP contribution in [0.1, 0.15) is 39.5 Å². The van der Waals surface area contributed by atoms with Gasteiger partial charge in [0.1, 0.15) is 0 Å². The average molecular weight is 260 g/mol. The third-order valence-electron chi connectivity index (χ3n) is 3.79. The topological polar surface area (TPSA) is 32.3 Å². The van der Waals surface area contributed by atoms with Gasteiger partial charge < -0.3 is 10.2 Å². The van der Waals surface area contributed by atoms with Crippen molar-refractivity contribution in [1.29, 1.82) is 0 Å². The Morgan fingerprint density at radius 1 is 1.47 bits per heavy atom. The van der Waals surface area contributed by atoms with E-state index in [0.717, 1.165) is 19.5 Å². The van der Waals surface area contributed by atoms with E-state index in [0.29, 0.717) is 11.3 Å². The van der Waals surface area contributed by atoms with Gasteiger partial charge in [0, 0.05) is 28.3 Å². The predicted molar refractivity (Wildman–Crippen MR) is 75.9 cm³/mol. The zero-order valence-electron chi connectivity index (χ0n) is 11.6. The van der Waals surface area contributed by atoms with Gasteiger partial charge in [-0.3, -0.25) is 4.21 Å². The molecule has 4 heteroatoms. The second-order valence-electron chi connectivity index (χ2n) is 5.14. The smallest absolute Gasteiger partial charge is 0.0329 e. The maximum atomic E-state index is 11.3. The third kappa shape index (κ3) is 5.98. The fraction of sp³-hybridized carbons (Fsp3) is 1.00. The summed E-state index contributed by atoms with van der Waals surface area (Å²) in [5, 5.41) is 3.93. The molecule has 1 saturated heterocycles. The summed E-state index contributed by atoms with van der Waals surface area (Å²) in [6.07, 6.45) is 6.59. The monoisotopic (exact) mass is 260 g/mol. The van der Waals surface area contributed by atoms with Crippen LogP contribution in [0.3, 0.4) is 0 Å². The van der Waals surface area contributed by atoms with E-state index in [1.807, 2.05) is 6.26 Å². The molecule has 0 aliphatic carbocycles. The van der Waals surface area contributed by atoms with Crippen molar-refractivity contribution in [2.45, 2.75) is 50.8 Å². The van der Waals surface area contributed by atoms with Crippen molar-refractivity contribution in [3.63, 3.8) is 0 Å². The number of hydrogen-bond donors (Lipinski definition) is 1. The Kier molecular flexibility index (Phi) is 7.32. The molecule has 3 nitrogen and oxygen atoms in total. The van der Waals surface area contributed by atoms with Crippen molar-refractivity contribution in [1.82, 2.24) is 10.2 Å². The molecule has 0 amide bonds. The second kappa shape index (κ2) is 8.22. The third-order valence-corrected chi connectivity index (χ3v) is 5.16.